The maximum absolute atomic E-state index is 12.5. The van der Waals surface area contributed by atoms with Crippen LogP contribution < -0.4 is 5.73 Å². The summed E-state index contributed by atoms with van der Waals surface area (Å²) in [6.07, 6.45) is 46.1. The van der Waals surface area contributed by atoms with Crippen molar-refractivity contribution < 1.29 is 37.9 Å². The number of phosphoric ester groups is 1. The third kappa shape index (κ3) is 39.3. The summed E-state index contributed by atoms with van der Waals surface area (Å²) in [4.78, 5) is 22.4. The zero-order valence-corrected chi connectivity index (χ0v) is 34.2. The number of esters is 1. The number of carbonyl (C=O) groups is 1. The summed E-state index contributed by atoms with van der Waals surface area (Å²) in [6.45, 7) is 4.02. The minimum atomic E-state index is -4.33. The van der Waals surface area contributed by atoms with Gasteiger partial charge in [-0.1, -0.05) is 132 Å². The third-order valence-corrected chi connectivity index (χ3v) is 9.22. The number of hydrogen-bond acceptors (Lipinski definition) is 8. The van der Waals surface area contributed by atoms with Gasteiger partial charge in [0.1, 0.15) is 6.61 Å². The molecule has 0 spiro atoms. The molecule has 0 rings (SSSR count). The molecule has 10 heteroatoms. The van der Waals surface area contributed by atoms with E-state index in [9.17, 15) is 19.4 Å². The number of rotatable bonds is 38. The van der Waals surface area contributed by atoms with Crippen LogP contribution in [0.3, 0.4) is 0 Å². The van der Waals surface area contributed by atoms with Crippen molar-refractivity contribution in [2.45, 2.75) is 167 Å². The molecule has 0 saturated carbocycles. The Kier molecular flexibility index (Phi) is 37.8. The Balaban J connectivity index is 4.32. The van der Waals surface area contributed by atoms with Crippen LogP contribution in [0, 0.1) is 0 Å². The Bertz CT molecular complexity index is 1050. The number of nitrogens with two attached hydrogens (primary N) is 1. The fourth-order valence-electron chi connectivity index (χ4n) is 5.15. The highest BCUT2D eigenvalue weighted by Gasteiger charge is 2.25. The molecular weight excluding hydrogens is 689 g/mol. The average Bonchev–Trinajstić information content (AvgIpc) is 3.14. The summed E-state index contributed by atoms with van der Waals surface area (Å²) in [7, 11) is -4.33. The fraction of sp³-hybridized carbons (Fsp3) is 0.698. The fourth-order valence-corrected chi connectivity index (χ4v) is 5.91. The quantitative estimate of drug-likeness (QED) is 0.0140. The van der Waals surface area contributed by atoms with E-state index < -0.39 is 26.0 Å². The van der Waals surface area contributed by atoms with Crippen LogP contribution in [0.4, 0.5) is 0 Å². The summed E-state index contributed by atoms with van der Waals surface area (Å²) >= 11 is 0. The summed E-state index contributed by atoms with van der Waals surface area (Å²) in [5, 5.41) is 10.1. The van der Waals surface area contributed by atoms with Gasteiger partial charge < -0.3 is 25.2 Å². The van der Waals surface area contributed by atoms with E-state index in [1.807, 2.05) is 42.5 Å². The van der Waals surface area contributed by atoms with Gasteiger partial charge in [-0.15, -0.1) is 0 Å². The topological polar surface area (TPSA) is 138 Å². The number of ether oxygens (including phenoxy) is 2. The predicted molar refractivity (Wildman–Crippen MR) is 220 cm³/mol. The molecule has 0 aliphatic carbocycles. The molecule has 0 radical (unpaired) electrons. The Morgan fingerprint density at radius 3 is 1.94 bits per heavy atom. The molecule has 0 aliphatic heterocycles. The van der Waals surface area contributed by atoms with Crippen LogP contribution in [-0.2, 0) is 27.9 Å². The van der Waals surface area contributed by atoms with Crippen LogP contribution in [0.1, 0.15) is 155 Å². The van der Waals surface area contributed by atoms with E-state index in [4.69, 9.17) is 24.3 Å². The average molecular weight is 766 g/mol. The SMILES string of the molecule is CCCCC/C=C\C=C/[C@H](O)C/C=C\C/C=C/CCCC(=O)O[C@H](CO/C=C/CCCCCC/C=C\CCCCCCCC)COP(=O)(O)OCCN. The van der Waals surface area contributed by atoms with Crippen LogP contribution >= 0.6 is 7.82 Å². The number of carbonyl (C=O) groups excluding carboxylic acids is 1. The van der Waals surface area contributed by atoms with Crippen molar-refractivity contribution in [1.82, 2.24) is 0 Å². The molecule has 0 aromatic carbocycles. The first-order valence-electron chi connectivity index (χ1n) is 20.6. The highest BCUT2D eigenvalue weighted by Crippen LogP contribution is 2.43. The van der Waals surface area contributed by atoms with E-state index in [-0.39, 0.29) is 32.8 Å². The zero-order chi connectivity index (χ0) is 38.9. The molecule has 9 nitrogen and oxygen atoms in total. The van der Waals surface area contributed by atoms with Gasteiger partial charge in [0.05, 0.1) is 25.6 Å². The number of aliphatic hydroxyl groups is 1. The maximum atomic E-state index is 12.5. The van der Waals surface area contributed by atoms with Crippen LogP contribution in [0.2, 0.25) is 0 Å². The van der Waals surface area contributed by atoms with Gasteiger partial charge in [-0.25, -0.2) is 4.57 Å². The molecule has 0 aliphatic rings. The molecule has 0 heterocycles. The number of unbranched alkanes of at least 4 members (excludes halogenated alkanes) is 15. The summed E-state index contributed by atoms with van der Waals surface area (Å²) in [5.74, 6) is -0.440. The molecule has 0 aromatic rings. The van der Waals surface area contributed by atoms with E-state index in [1.54, 1.807) is 12.3 Å². The smallest absolute Gasteiger partial charge is 0.472 e. The molecule has 0 bridgehead atoms. The van der Waals surface area contributed by atoms with Crippen molar-refractivity contribution >= 4 is 13.8 Å². The second kappa shape index (κ2) is 39.4. The lowest BCUT2D eigenvalue weighted by atomic mass is 10.1. The summed E-state index contributed by atoms with van der Waals surface area (Å²) in [5.41, 5.74) is 5.35. The van der Waals surface area contributed by atoms with Crippen molar-refractivity contribution in [2.75, 3.05) is 26.4 Å². The van der Waals surface area contributed by atoms with Crippen LogP contribution in [-0.4, -0.2) is 54.5 Å². The van der Waals surface area contributed by atoms with Crippen LogP contribution in [0.25, 0.3) is 0 Å². The Morgan fingerprint density at radius 2 is 1.25 bits per heavy atom. The molecular formula is C43H76NO8P. The Hall–Kier alpha value is -2.26. The van der Waals surface area contributed by atoms with Crippen molar-refractivity contribution in [2.24, 2.45) is 5.73 Å². The molecule has 53 heavy (non-hydrogen) atoms. The van der Waals surface area contributed by atoms with Gasteiger partial charge in [0, 0.05) is 13.0 Å². The van der Waals surface area contributed by atoms with E-state index in [0.29, 0.717) is 19.3 Å². The minimum absolute atomic E-state index is 0.0172. The van der Waals surface area contributed by atoms with Crippen molar-refractivity contribution in [3.05, 3.63) is 73.1 Å². The third-order valence-electron chi connectivity index (χ3n) is 8.24. The van der Waals surface area contributed by atoms with E-state index in [1.165, 1.54) is 77.0 Å². The summed E-state index contributed by atoms with van der Waals surface area (Å²) in [6, 6.07) is 0. The minimum Gasteiger partial charge on any atom is -0.498 e. The molecule has 0 aromatic heterocycles. The maximum Gasteiger partial charge on any atom is 0.472 e. The number of aliphatic hydroxyl groups excluding tert-OH is 1. The van der Waals surface area contributed by atoms with Gasteiger partial charge in [0.15, 0.2) is 6.10 Å². The second-order valence-electron chi connectivity index (χ2n) is 13.4. The molecule has 1 unspecified atom stereocenters. The number of hydrogen-bond donors (Lipinski definition) is 3. The van der Waals surface area contributed by atoms with E-state index >= 15 is 0 Å². The summed E-state index contributed by atoms with van der Waals surface area (Å²) < 4.78 is 33.0. The monoisotopic (exact) mass is 766 g/mol. The highest BCUT2D eigenvalue weighted by atomic mass is 31.2. The lowest BCUT2D eigenvalue weighted by Crippen LogP contribution is -2.27. The second-order valence-corrected chi connectivity index (χ2v) is 14.9. The first-order valence-corrected chi connectivity index (χ1v) is 22.1. The molecule has 4 N–H and O–H groups in total. The van der Waals surface area contributed by atoms with Gasteiger partial charge in [-0.2, -0.15) is 0 Å². The van der Waals surface area contributed by atoms with E-state index in [2.05, 4.69) is 32.1 Å². The largest absolute Gasteiger partial charge is 0.498 e. The van der Waals surface area contributed by atoms with Crippen molar-refractivity contribution in [3.8, 4) is 0 Å². The standard InChI is InChI=1S/C43H76NO8P/c1-3-5-7-9-11-12-13-14-15-16-17-18-19-24-28-32-37-49-39-42(40-51-53(47,48)50-38-36-44)52-43(46)35-31-27-23-20-22-26-30-34-41(45)33-29-25-21-10-8-6-4-2/h14-15,20-21,23,25-26,29-30,32-33,37,41-42,45H,3-13,16-19,22,24,27-28,31,34-36,38-40,44H2,1-2H3,(H,47,48)/b15-14-,23-20+,25-21-,30-26-,33-29-,37-32+/t41-,42+/m0/s1. The van der Waals surface area contributed by atoms with Gasteiger partial charge >= 0.3 is 13.8 Å². The zero-order valence-electron chi connectivity index (χ0n) is 33.3. The Labute approximate surface area is 323 Å². The normalized spacial score (nSPS) is 14.8. The lowest BCUT2D eigenvalue weighted by molar-refractivity contribution is -0.153. The van der Waals surface area contributed by atoms with Gasteiger partial charge in [-0.05, 0) is 83.1 Å². The highest BCUT2D eigenvalue weighted by molar-refractivity contribution is 7.47. The number of allylic oxidation sites excluding steroid dienone is 9. The van der Waals surface area contributed by atoms with Crippen LogP contribution in [0.15, 0.2) is 73.1 Å². The molecule has 0 fully saturated rings. The molecule has 0 saturated heterocycles. The molecule has 3 atom stereocenters. The van der Waals surface area contributed by atoms with E-state index in [0.717, 1.165) is 38.5 Å². The van der Waals surface area contributed by atoms with Gasteiger partial charge in [0.2, 0.25) is 0 Å². The lowest BCUT2D eigenvalue weighted by Gasteiger charge is -2.19. The van der Waals surface area contributed by atoms with Crippen molar-refractivity contribution in [1.29, 1.82) is 0 Å². The van der Waals surface area contributed by atoms with Gasteiger partial charge in [0.25, 0.3) is 0 Å². The first kappa shape index (κ1) is 50.7. The van der Waals surface area contributed by atoms with Crippen molar-refractivity contribution in [3.63, 3.8) is 0 Å². The van der Waals surface area contributed by atoms with Crippen LogP contribution in [0.5, 0.6) is 0 Å². The number of phosphoric acid groups is 1. The molecule has 0 amide bonds. The first-order chi connectivity index (χ1) is 25.8. The predicted octanol–water partition coefficient (Wildman–Crippen LogP) is 11.3. The van der Waals surface area contributed by atoms with Gasteiger partial charge in [-0.3, -0.25) is 13.8 Å². The Morgan fingerprint density at radius 1 is 0.679 bits per heavy atom. The molecule has 306 valence electrons.